The summed E-state index contributed by atoms with van der Waals surface area (Å²) in [6, 6.07) is 4.77. The number of aromatic hydroxyl groups is 1. The summed E-state index contributed by atoms with van der Waals surface area (Å²) in [7, 11) is 1.85. The first-order valence-corrected chi connectivity index (χ1v) is 35.4. The fourth-order valence-corrected chi connectivity index (χ4v) is 15.0. The Labute approximate surface area is 576 Å². The van der Waals surface area contributed by atoms with E-state index in [1.165, 1.54) is 68.6 Å². The third-order valence-corrected chi connectivity index (χ3v) is 20.8. The summed E-state index contributed by atoms with van der Waals surface area (Å²) in [6.45, 7) is 1.30. The predicted molar refractivity (Wildman–Crippen MR) is 358 cm³/mol. The molecule has 1 aromatic heterocycles. The van der Waals surface area contributed by atoms with Crippen LogP contribution in [0.5, 0.6) is 11.5 Å². The van der Waals surface area contributed by atoms with Crippen LogP contribution in [0.1, 0.15) is 94.0 Å². The van der Waals surface area contributed by atoms with Gasteiger partial charge in [0.1, 0.15) is 46.3 Å². The minimum Gasteiger partial charge on any atom is -0.504 e. The minimum absolute atomic E-state index is 0.00727. The van der Waals surface area contributed by atoms with Crippen LogP contribution in [-0.2, 0) is 39.9 Å². The molecule has 9 rings (SSSR count). The monoisotopic (exact) mass is 1430 g/mol. The van der Waals surface area contributed by atoms with Gasteiger partial charge in [0.25, 0.3) is 17.1 Å². The number of nitrogens with zero attached hydrogens (tertiary/aromatic N) is 5. The Kier molecular flexibility index (Phi) is 25.7. The molecule has 5 heterocycles. The third kappa shape index (κ3) is 18.6. The number of ether oxygens (including phenoxy) is 1. The fourth-order valence-electron chi connectivity index (χ4n) is 13.8. The lowest BCUT2D eigenvalue weighted by Crippen LogP contribution is -2.64. The van der Waals surface area contributed by atoms with E-state index in [0.717, 1.165) is 66.0 Å². The van der Waals surface area contributed by atoms with Gasteiger partial charge in [0.15, 0.2) is 11.5 Å². The van der Waals surface area contributed by atoms with E-state index in [0.29, 0.717) is 21.5 Å². The van der Waals surface area contributed by atoms with E-state index in [1.54, 1.807) is 12.1 Å². The first-order valence-electron chi connectivity index (χ1n) is 33.1. The van der Waals surface area contributed by atoms with Crippen molar-refractivity contribution in [2.24, 2.45) is 11.8 Å². The van der Waals surface area contributed by atoms with Gasteiger partial charge < -0.3 is 101 Å². The number of rotatable bonds is 20. The van der Waals surface area contributed by atoms with Gasteiger partial charge in [-0.05, 0) is 106 Å². The molecule has 18 N–H and O–H groups in total. The molecule has 0 spiro atoms. The molecule has 0 bridgehead atoms. The van der Waals surface area contributed by atoms with E-state index in [-0.39, 0.29) is 29.8 Å². The quantitative estimate of drug-likeness (QED) is 0.0501. The molecule has 7 amide bonds. The van der Waals surface area contributed by atoms with Gasteiger partial charge in [0.05, 0.1) is 61.5 Å². The summed E-state index contributed by atoms with van der Waals surface area (Å²) in [5.41, 5.74) is 2.40. The average molecular weight is 1430 g/mol. The molecule has 4 saturated heterocycles. The number of aromatic nitrogens is 2. The number of methoxy groups -OCH3 is 1. The van der Waals surface area contributed by atoms with Crippen LogP contribution in [0.2, 0.25) is 0 Å². The summed E-state index contributed by atoms with van der Waals surface area (Å²) in [5.74, 6) is -9.90. The molecule has 13 atom stereocenters. The van der Waals surface area contributed by atoms with Crippen LogP contribution in [0.15, 0.2) is 66.7 Å². The van der Waals surface area contributed by atoms with Crippen molar-refractivity contribution in [2.45, 2.75) is 169 Å². The van der Waals surface area contributed by atoms with Gasteiger partial charge in [-0.1, -0.05) is 55.7 Å². The first-order chi connectivity index (χ1) is 47.1. The number of fused-ring (bicyclic) bond motifs is 2. The molecule has 99 heavy (non-hydrogen) atoms. The van der Waals surface area contributed by atoms with Crippen molar-refractivity contribution in [2.75, 3.05) is 64.5 Å². The number of phenols is 1. The van der Waals surface area contributed by atoms with Crippen molar-refractivity contribution in [1.82, 2.24) is 51.9 Å². The molecule has 544 valence electrons. The van der Waals surface area contributed by atoms with Crippen LogP contribution in [0.4, 0.5) is 5.69 Å². The lowest BCUT2D eigenvalue weighted by Gasteiger charge is -2.47. The molecule has 32 nitrogen and oxygen atoms in total. The van der Waals surface area contributed by atoms with Gasteiger partial charge in [-0.25, -0.2) is 0 Å². The van der Waals surface area contributed by atoms with E-state index >= 15 is 0 Å². The molecule has 5 fully saturated rings. The maximum Gasteiger partial charge on any atom is 0.266 e. The summed E-state index contributed by atoms with van der Waals surface area (Å²) < 4.78 is 39.6. The van der Waals surface area contributed by atoms with E-state index < -0.39 is 201 Å². The number of phenolic OH excluding ortho intramolecular Hbond substituents is 1. The smallest absolute Gasteiger partial charge is 0.266 e. The highest BCUT2D eigenvalue weighted by molar-refractivity contribution is 8.15. The number of piperidine rings is 1. The lowest BCUT2D eigenvalue weighted by atomic mass is 9.72. The number of carbonyl (C=O) groups excluding carboxylic acids is 7. The minimum atomic E-state index is -4.74. The Bertz CT molecular complexity index is 3440. The van der Waals surface area contributed by atoms with E-state index in [9.17, 15) is 93.2 Å². The summed E-state index contributed by atoms with van der Waals surface area (Å²) in [4.78, 5) is 106. The number of amides is 7. The largest absolute Gasteiger partial charge is 0.504 e. The van der Waals surface area contributed by atoms with Crippen molar-refractivity contribution in [3.05, 3.63) is 77.9 Å². The van der Waals surface area contributed by atoms with Crippen LogP contribution in [0.3, 0.4) is 0 Å². The van der Waals surface area contributed by atoms with Gasteiger partial charge in [-0.3, -0.25) is 47.2 Å². The van der Waals surface area contributed by atoms with Crippen molar-refractivity contribution in [3.8, 4) is 32.6 Å². The molecule has 3 aromatic carbocycles. The molecule has 4 aromatic rings. The first kappa shape index (κ1) is 75.9. The molecule has 0 radical (unpaired) electrons. The molecule has 34 heteroatoms. The Morgan fingerprint density at radius 1 is 0.747 bits per heavy atom. The molecule has 0 unspecified atom stereocenters. The van der Waals surface area contributed by atoms with E-state index in [2.05, 4.69) is 63.3 Å². The standard InChI is InChI=1S/C65H91N11O21S2/c1-34-30-76-54(55(34)85)60(90)67-29-43(80)27-45(68-56(86)37-10-12-38(13-11-37)61-72-73-62(98-61)39-14-16-42(17-15-39)74-23-20-65(96-3,21-24-74)40-7-5-4-6-8-40)57(87)69-51(35(2)79)63(91)75-31-44(81)28-46(75)58(88)70-52(49(84)25-36-9-18-47(82)50(26-36)97-99(93,94)95)59(89)71-53(64(76)92)48(83)19-22-66-41(32-77)33-78/h9-18,26,34-35,40-41,43-46,48-49,51-55,66,77-85,93-95H,4-8,19-25,27-33H2,1-3H3,(H,67,90)(H,68,86)(H,69,87)(H,70,88)(H,71,89)/t34-,35+,43+,44+,45-,46-,48+,49+,51-,52-,53-,54-,55-/m0/s1. The molecular formula is C65H91N11O21S2. The van der Waals surface area contributed by atoms with Crippen molar-refractivity contribution in [3.63, 3.8) is 0 Å². The van der Waals surface area contributed by atoms with Crippen molar-refractivity contribution >= 4 is 69.5 Å². The highest BCUT2D eigenvalue weighted by Crippen LogP contribution is 2.43. The average Bonchev–Trinajstić information content (AvgIpc) is 1.77. The molecule has 4 aliphatic heterocycles. The third-order valence-electron chi connectivity index (χ3n) is 19.4. The Hall–Kier alpha value is -7.26. The van der Waals surface area contributed by atoms with Crippen LogP contribution < -0.4 is 41.0 Å². The van der Waals surface area contributed by atoms with Gasteiger partial charge in [-0.2, -0.15) is 0 Å². The van der Waals surface area contributed by atoms with Gasteiger partial charge in [-0.15, -0.1) is 10.2 Å². The summed E-state index contributed by atoms with van der Waals surface area (Å²) >= 11 is -3.42. The Morgan fingerprint density at radius 3 is 1.98 bits per heavy atom. The zero-order valence-electron chi connectivity index (χ0n) is 55.0. The zero-order chi connectivity index (χ0) is 71.6. The lowest BCUT2D eigenvalue weighted by molar-refractivity contribution is -0.147. The maximum atomic E-state index is 15.0. The number of anilines is 1. The number of benzene rings is 3. The van der Waals surface area contributed by atoms with Crippen molar-refractivity contribution in [1.29, 1.82) is 0 Å². The topological polar surface area (TPSA) is 488 Å². The number of aliphatic hydroxyl groups is 8. The normalized spacial score (nSPS) is 26.8. The Morgan fingerprint density at radius 2 is 1.36 bits per heavy atom. The van der Waals surface area contributed by atoms with Crippen molar-refractivity contribution < 1.29 is 102 Å². The van der Waals surface area contributed by atoms with E-state index in [1.807, 2.05) is 19.2 Å². The maximum absolute atomic E-state index is 15.0. The van der Waals surface area contributed by atoms with Crippen LogP contribution >= 0.6 is 22.5 Å². The number of carbonyl (C=O) groups is 7. The van der Waals surface area contributed by atoms with Gasteiger partial charge in [0, 0.05) is 87.4 Å². The van der Waals surface area contributed by atoms with Gasteiger partial charge in [0.2, 0.25) is 35.4 Å². The number of hydrogen-bond acceptors (Lipinski definition) is 26. The van der Waals surface area contributed by atoms with Crippen LogP contribution in [0.25, 0.3) is 21.1 Å². The van der Waals surface area contributed by atoms with Crippen LogP contribution in [0, 0.1) is 11.8 Å². The summed E-state index contributed by atoms with van der Waals surface area (Å²) in [5, 5.41) is 124. The number of aliphatic hydroxyl groups excluding tert-OH is 8. The second-order valence-corrected chi connectivity index (χ2v) is 28.4. The second kappa shape index (κ2) is 33.5. The molecular weight excluding hydrogens is 1330 g/mol. The molecule has 5 aliphatic rings. The predicted octanol–water partition coefficient (Wildman–Crippen LogP) is -1.06. The number of hydrogen-bond donors (Lipinski definition) is 18. The SMILES string of the molecule is COC1(C2CCCCC2)CCN(c2ccc(-c3nnc(-c4ccc(C(=O)N[C@H]5C[C@@H](O)CNC(=O)[C@@H]6[C@@H](O)[C@@H](C)CN6C(=O)[C@H]([C@H](O)CCNC(CO)CO)NC(=O)[C@H]([C@H](O)Cc6ccc(O)c(OS(O)(O)O)c6)NC(=O)[C@@H]6C[C@@H](O)CN6C(=O)[C@H]([C@@H](C)O)NC5=O)cc4)s3)cc2)CC1. The highest BCUT2D eigenvalue weighted by Gasteiger charge is 2.50. The molecule has 1 aliphatic carbocycles. The highest BCUT2D eigenvalue weighted by atomic mass is 32.3. The van der Waals surface area contributed by atoms with E-state index in [4.69, 9.17) is 4.74 Å². The Balaban J connectivity index is 0.971. The zero-order valence-corrected chi connectivity index (χ0v) is 56.7. The fraction of sp³-hybridized carbons (Fsp3) is 0.585. The second-order valence-electron chi connectivity index (χ2n) is 26.3. The number of β-amino-alcohol motifs (C(OH)–C–C–N with tert-alkyl or cyclic N) is 1. The number of nitrogens with one attached hydrogen (secondary N) is 6. The molecule has 1 saturated carbocycles. The van der Waals surface area contributed by atoms with Crippen LogP contribution in [-0.4, -0.2) is 265 Å². The summed E-state index contributed by atoms with van der Waals surface area (Å²) in [6.07, 6.45) is -4.94. The van der Waals surface area contributed by atoms with Gasteiger partial charge >= 0.3 is 0 Å².